The van der Waals surface area contributed by atoms with Crippen LogP contribution in [0.25, 0.3) is 16.5 Å². The van der Waals surface area contributed by atoms with Crippen LogP contribution in [0.4, 0.5) is 5.69 Å². The van der Waals surface area contributed by atoms with Crippen molar-refractivity contribution < 1.29 is 19.1 Å². The molecule has 0 spiro atoms. The minimum Gasteiger partial charge on any atom is -0.507 e. The molecule has 1 aromatic heterocycles. The van der Waals surface area contributed by atoms with Gasteiger partial charge in [0, 0.05) is 16.3 Å². The Labute approximate surface area is 189 Å². The first kappa shape index (κ1) is 20.1. The minimum absolute atomic E-state index is 0.0189. The average molecular weight is 444 g/mol. The van der Waals surface area contributed by atoms with Gasteiger partial charge in [-0.25, -0.2) is 0 Å². The van der Waals surface area contributed by atoms with E-state index in [-0.39, 0.29) is 11.3 Å². The van der Waals surface area contributed by atoms with Gasteiger partial charge in [0.25, 0.3) is 11.7 Å². The van der Waals surface area contributed by atoms with Crippen LogP contribution in [0.3, 0.4) is 0 Å². The second-order valence-corrected chi connectivity index (χ2v) is 8.09. The number of aliphatic hydroxyl groups is 1. The molecule has 0 bridgehead atoms. The molecule has 6 heteroatoms. The van der Waals surface area contributed by atoms with E-state index in [9.17, 15) is 14.7 Å². The highest BCUT2D eigenvalue weighted by Crippen LogP contribution is 2.43. The number of carbonyl (C=O) groups excluding carboxylic acids is 2. The number of aryl methyl sites for hydroxylation is 1. The lowest BCUT2D eigenvalue weighted by atomic mass is 9.97. The second-order valence-electron chi connectivity index (χ2n) is 7.66. The zero-order valence-corrected chi connectivity index (χ0v) is 17.8. The molecule has 0 radical (unpaired) electrons. The summed E-state index contributed by atoms with van der Waals surface area (Å²) in [7, 11) is 0. The fraction of sp³-hybridized carbons (Fsp3) is 0.0769. The van der Waals surface area contributed by atoms with Crippen LogP contribution in [0.15, 0.2) is 88.9 Å². The molecule has 0 saturated carbocycles. The molecule has 5 nitrogen and oxygen atoms in total. The van der Waals surface area contributed by atoms with E-state index >= 15 is 0 Å². The summed E-state index contributed by atoms with van der Waals surface area (Å²) in [4.78, 5) is 27.6. The van der Waals surface area contributed by atoms with Gasteiger partial charge in [-0.05, 0) is 60.2 Å². The number of anilines is 1. The first-order chi connectivity index (χ1) is 15.4. The number of Topliss-reactive ketones (excluding diaryl/α,β-unsaturated/α-hetero) is 1. The van der Waals surface area contributed by atoms with Gasteiger partial charge >= 0.3 is 0 Å². The quantitative estimate of drug-likeness (QED) is 0.239. The monoisotopic (exact) mass is 443 g/mol. The van der Waals surface area contributed by atoms with Crippen molar-refractivity contribution in [1.29, 1.82) is 0 Å². The van der Waals surface area contributed by atoms with Gasteiger partial charge in [-0.2, -0.15) is 0 Å². The number of hydrogen-bond acceptors (Lipinski definition) is 4. The first-order valence-electron chi connectivity index (χ1n) is 10.1. The highest BCUT2D eigenvalue weighted by Gasteiger charge is 2.48. The third kappa shape index (κ3) is 3.27. The molecule has 1 saturated heterocycles. The molecule has 5 rings (SSSR count). The first-order valence-corrected chi connectivity index (χ1v) is 10.4. The van der Waals surface area contributed by atoms with Crippen molar-refractivity contribution in [2.45, 2.75) is 13.0 Å². The molecule has 32 heavy (non-hydrogen) atoms. The lowest BCUT2D eigenvalue weighted by Crippen LogP contribution is -2.29. The molecular weight excluding hydrogens is 426 g/mol. The van der Waals surface area contributed by atoms with Crippen LogP contribution >= 0.6 is 11.6 Å². The number of amides is 1. The summed E-state index contributed by atoms with van der Waals surface area (Å²) in [5, 5.41) is 13.7. The van der Waals surface area contributed by atoms with Crippen LogP contribution in [-0.4, -0.2) is 16.8 Å². The van der Waals surface area contributed by atoms with Gasteiger partial charge in [0.1, 0.15) is 23.3 Å². The average Bonchev–Trinajstić information content (AvgIpc) is 3.34. The lowest BCUT2D eigenvalue weighted by Gasteiger charge is -2.23. The van der Waals surface area contributed by atoms with Crippen LogP contribution in [0, 0.1) is 6.92 Å². The van der Waals surface area contributed by atoms with Gasteiger partial charge in [0.15, 0.2) is 0 Å². The number of halogens is 1. The molecule has 158 valence electrons. The van der Waals surface area contributed by atoms with E-state index in [4.69, 9.17) is 16.0 Å². The second kappa shape index (κ2) is 7.70. The molecule has 0 aliphatic carbocycles. The molecule has 2 heterocycles. The fourth-order valence-corrected chi connectivity index (χ4v) is 4.19. The summed E-state index contributed by atoms with van der Waals surface area (Å²) in [5.74, 6) is -0.741. The van der Waals surface area contributed by atoms with Crippen molar-refractivity contribution in [3.05, 3.63) is 107 Å². The number of furan rings is 1. The van der Waals surface area contributed by atoms with E-state index in [1.54, 1.807) is 55.5 Å². The summed E-state index contributed by atoms with van der Waals surface area (Å²) in [6.45, 7) is 1.78. The summed E-state index contributed by atoms with van der Waals surface area (Å²) in [5.41, 5.74) is 0.911. The van der Waals surface area contributed by atoms with Crippen molar-refractivity contribution in [2.24, 2.45) is 0 Å². The molecule has 4 aromatic rings. The maximum Gasteiger partial charge on any atom is 0.300 e. The smallest absolute Gasteiger partial charge is 0.300 e. The highest BCUT2D eigenvalue weighted by molar-refractivity contribution is 6.51. The van der Waals surface area contributed by atoms with Crippen molar-refractivity contribution in [2.75, 3.05) is 4.90 Å². The van der Waals surface area contributed by atoms with E-state index in [1.165, 1.54) is 4.90 Å². The van der Waals surface area contributed by atoms with Crippen LogP contribution < -0.4 is 4.90 Å². The fourth-order valence-electron chi connectivity index (χ4n) is 4.06. The number of hydrogen-bond donors (Lipinski definition) is 1. The number of fused-ring (bicyclic) bond motifs is 1. The zero-order chi connectivity index (χ0) is 22.4. The summed E-state index contributed by atoms with van der Waals surface area (Å²) in [6, 6.07) is 22.3. The van der Waals surface area contributed by atoms with E-state index < -0.39 is 17.7 Å². The molecule has 1 N–H and O–H groups in total. The summed E-state index contributed by atoms with van der Waals surface area (Å²) in [6.07, 6.45) is 0. The van der Waals surface area contributed by atoms with Gasteiger partial charge in [-0.15, -0.1) is 0 Å². The number of nitrogens with zero attached hydrogens (tertiary/aromatic N) is 1. The number of carbonyl (C=O) groups is 2. The Kier molecular flexibility index (Phi) is 4.83. The molecule has 1 aliphatic rings. The van der Waals surface area contributed by atoms with Crippen molar-refractivity contribution in [3.8, 4) is 0 Å². The van der Waals surface area contributed by atoms with Crippen LogP contribution in [0.1, 0.15) is 23.1 Å². The van der Waals surface area contributed by atoms with Crippen LogP contribution in [0.2, 0.25) is 5.02 Å². The van der Waals surface area contributed by atoms with E-state index in [1.807, 2.05) is 30.3 Å². The third-order valence-corrected chi connectivity index (χ3v) is 5.85. The number of aliphatic hydroxyl groups excluding tert-OH is 1. The van der Waals surface area contributed by atoms with E-state index in [0.29, 0.717) is 27.8 Å². The van der Waals surface area contributed by atoms with Crippen LogP contribution in [-0.2, 0) is 9.59 Å². The maximum absolute atomic E-state index is 13.1. The Balaban J connectivity index is 1.72. The number of benzene rings is 3. The largest absolute Gasteiger partial charge is 0.507 e. The van der Waals surface area contributed by atoms with Crippen molar-refractivity contribution in [1.82, 2.24) is 0 Å². The Morgan fingerprint density at radius 3 is 2.34 bits per heavy atom. The molecule has 1 fully saturated rings. The Morgan fingerprint density at radius 2 is 1.66 bits per heavy atom. The number of rotatable bonds is 3. The molecule has 3 aromatic carbocycles. The standard InChI is InChI=1S/C26H18ClNO4/c1-15-6-13-21(32-15)23-22(24(29)18-8-7-16-4-2-3-5-17(16)14-18)25(30)26(31)28(23)20-11-9-19(27)10-12-20/h2-14,23,29H,1H3/b24-22-. The van der Waals surface area contributed by atoms with Crippen molar-refractivity contribution >= 4 is 45.5 Å². The minimum atomic E-state index is -0.906. The SMILES string of the molecule is Cc1ccc(C2/C(=C(/O)c3ccc4ccccc4c3)C(=O)C(=O)N2c2ccc(Cl)cc2)o1. The molecule has 1 unspecified atom stereocenters. The highest BCUT2D eigenvalue weighted by atomic mass is 35.5. The Hall–Kier alpha value is -3.83. The zero-order valence-electron chi connectivity index (χ0n) is 17.1. The lowest BCUT2D eigenvalue weighted by molar-refractivity contribution is -0.132. The van der Waals surface area contributed by atoms with Crippen molar-refractivity contribution in [3.63, 3.8) is 0 Å². The topological polar surface area (TPSA) is 70.8 Å². The normalized spacial score (nSPS) is 17.9. The summed E-state index contributed by atoms with van der Waals surface area (Å²) < 4.78 is 5.81. The van der Waals surface area contributed by atoms with Gasteiger partial charge in [-0.1, -0.05) is 48.0 Å². The van der Waals surface area contributed by atoms with Gasteiger partial charge in [0.05, 0.1) is 5.57 Å². The summed E-state index contributed by atoms with van der Waals surface area (Å²) >= 11 is 6.01. The Morgan fingerprint density at radius 1 is 0.938 bits per heavy atom. The maximum atomic E-state index is 13.1. The van der Waals surface area contributed by atoms with Gasteiger partial charge in [0.2, 0.25) is 0 Å². The van der Waals surface area contributed by atoms with E-state index in [0.717, 1.165) is 10.8 Å². The van der Waals surface area contributed by atoms with Gasteiger partial charge in [-0.3, -0.25) is 14.5 Å². The third-order valence-electron chi connectivity index (χ3n) is 5.60. The molecule has 1 aliphatic heterocycles. The van der Waals surface area contributed by atoms with Gasteiger partial charge < -0.3 is 9.52 Å². The Bertz CT molecular complexity index is 1400. The predicted octanol–water partition coefficient (Wildman–Crippen LogP) is 6.02. The number of ketones is 1. The molecular formula is C26H18ClNO4. The molecule has 1 amide bonds. The molecule has 1 atom stereocenters. The predicted molar refractivity (Wildman–Crippen MR) is 124 cm³/mol. The van der Waals surface area contributed by atoms with E-state index in [2.05, 4.69) is 0 Å². The van der Waals surface area contributed by atoms with Crippen LogP contribution in [0.5, 0.6) is 0 Å².